The highest BCUT2D eigenvalue weighted by Gasteiger charge is 2.19. The molecule has 1 amide bonds. The van der Waals surface area contributed by atoms with Crippen LogP contribution in [0.3, 0.4) is 0 Å². The number of anilines is 2. The van der Waals surface area contributed by atoms with E-state index in [1.807, 2.05) is 16.7 Å². The Kier molecular flexibility index (Phi) is 6.10. The third-order valence-corrected chi connectivity index (χ3v) is 5.60. The van der Waals surface area contributed by atoms with Crippen LogP contribution >= 0.6 is 0 Å². The van der Waals surface area contributed by atoms with Crippen LogP contribution in [-0.2, 0) is 17.9 Å². The summed E-state index contributed by atoms with van der Waals surface area (Å²) >= 11 is 0. The van der Waals surface area contributed by atoms with E-state index in [0.717, 1.165) is 16.6 Å². The molecular weight excluding hydrogens is 434 g/mol. The Labute approximate surface area is 195 Å². The van der Waals surface area contributed by atoms with Gasteiger partial charge in [0.1, 0.15) is 0 Å². The predicted octanol–water partition coefficient (Wildman–Crippen LogP) is 3.32. The van der Waals surface area contributed by atoms with Gasteiger partial charge in [0, 0.05) is 30.6 Å². The van der Waals surface area contributed by atoms with Gasteiger partial charge in [0.05, 0.1) is 34.6 Å². The van der Waals surface area contributed by atoms with Crippen molar-refractivity contribution in [2.45, 2.75) is 39.8 Å². The largest absolute Gasteiger partial charge is 0.369 e. The Bertz CT molecular complexity index is 1490. The van der Waals surface area contributed by atoms with Crippen molar-refractivity contribution in [3.8, 4) is 6.07 Å². The SMILES string of the molecule is CC(=O)c1ccc2c(c1)nc(N)n2CCC#N.CC(=O)c1ccc2c(c1)nc1n2CCC(=O)N1. The highest BCUT2D eigenvalue weighted by molar-refractivity contribution is 5.99. The summed E-state index contributed by atoms with van der Waals surface area (Å²) in [6.07, 6.45) is 0.844. The minimum atomic E-state index is -0.0143. The summed E-state index contributed by atoms with van der Waals surface area (Å²) in [7, 11) is 0. The summed E-state index contributed by atoms with van der Waals surface area (Å²) in [6, 6.07) is 12.8. The van der Waals surface area contributed by atoms with Gasteiger partial charge >= 0.3 is 0 Å². The predicted molar refractivity (Wildman–Crippen MR) is 127 cm³/mol. The van der Waals surface area contributed by atoms with Crippen LogP contribution in [0.4, 0.5) is 11.9 Å². The van der Waals surface area contributed by atoms with E-state index >= 15 is 0 Å². The molecule has 3 N–H and O–H groups in total. The van der Waals surface area contributed by atoms with Crippen molar-refractivity contribution in [2.75, 3.05) is 11.1 Å². The van der Waals surface area contributed by atoms with E-state index < -0.39 is 0 Å². The van der Waals surface area contributed by atoms with E-state index in [4.69, 9.17) is 11.0 Å². The first-order chi connectivity index (χ1) is 16.3. The molecule has 34 heavy (non-hydrogen) atoms. The number of nitrogens with one attached hydrogen (secondary N) is 1. The number of imidazole rings is 2. The maximum atomic E-state index is 11.3. The Morgan fingerprint density at radius 3 is 2.29 bits per heavy atom. The second-order valence-electron chi connectivity index (χ2n) is 7.93. The maximum Gasteiger partial charge on any atom is 0.228 e. The van der Waals surface area contributed by atoms with Crippen LogP contribution in [-0.4, -0.2) is 36.6 Å². The van der Waals surface area contributed by atoms with Gasteiger partial charge in [0.15, 0.2) is 11.6 Å². The van der Waals surface area contributed by atoms with Crippen LogP contribution < -0.4 is 11.1 Å². The van der Waals surface area contributed by atoms with Crippen LogP contribution in [0, 0.1) is 11.3 Å². The van der Waals surface area contributed by atoms with Crippen molar-refractivity contribution in [1.29, 1.82) is 5.26 Å². The van der Waals surface area contributed by atoms with Gasteiger partial charge in [0.2, 0.25) is 17.8 Å². The molecule has 5 rings (SSSR count). The average molecular weight is 457 g/mol. The van der Waals surface area contributed by atoms with Crippen molar-refractivity contribution in [1.82, 2.24) is 19.1 Å². The number of ketones is 2. The van der Waals surface area contributed by atoms with E-state index in [0.29, 0.717) is 54.5 Å². The van der Waals surface area contributed by atoms with Gasteiger partial charge in [-0.1, -0.05) is 0 Å². The number of nitrogens with zero attached hydrogens (tertiary/aromatic N) is 5. The summed E-state index contributed by atoms with van der Waals surface area (Å²) in [5.74, 6) is 0.937. The first-order valence-corrected chi connectivity index (χ1v) is 10.7. The fourth-order valence-corrected chi connectivity index (χ4v) is 3.84. The smallest absolute Gasteiger partial charge is 0.228 e. The number of rotatable bonds is 4. The van der Waals surface area contributed by atoms with Crippen LogP contribution in [0.25, 0.3) is 22.1 Å². The number of amides is 1. The molecule has 0 bridgehead atoms. The lowest BCUT2D eigenvalue weighted by atomic mass is 10.1. The van der Waals surface area contributed by atoms with Gasteiger partial charge < -0.3 is 14.9 Å². The molecule has 0 aliphatic carbocycles. The number of benzene rings is 2. The van der Waals surface area contributed by atoms with Crippen molar-refractivity contribution in [3.63, 3.8) is 0 Å². The van der Waals surface area contributed by atoms with Crippen molar-refractivity contribution < 1.29 is 14.4 Å². The average Bonchev–Trinajstić information content (AvgIpc) is 3.32. The number of aryl methyl sites for hydroxylation is 2. The third kappa shape index (κ3) is 4.36. The molecule has 10 nitrogen and oxygen atoms in total. The first-order valence-electron chi connectivity index (χ1n) is 10.7. The highest BCUT2D eigenvalue weighted by atomic mass is 16.2. The molecule has 0 saturated carbocycles. The number of nitrogen functional groups attached to an aromatic ring is 1. The number of nitriles is 1. The second kappa shape index (κ2) is 9.15. The Balaban J connectivity index is 0.000000161. The van der Waals surface area contributed by atoms with Gasteiger partial charge in [-0.25, -0.2) is 9.97 Å². The standard InChI is InChI=1S/C12H12N4O.C12H11N3O2/c1-8(17)9-3-4-11-10(7-9)15-12(14)16(11)6-2-5-13;1-7(16)8-2-3-10-9(6-8)13-12-14-11(17)4-5-15(10)12/h3-4,7H,2,6H2,1H3,(H2,14,15);2-3,6H,4-5H2,1H3,(H,13,14,17). The number of aromatic nitrogens is 4. The lowest BCUT2D eigenvalue weighted by Crippen LogP contribution is -2.23. The number of hydrogen-bond donors (Lipinski definition) is 2. The van der Waals surface area contributed by atoms with Gasteiger partial charge in [-0.15, -0.1) is 0 Å². The van der Waals surface area contributed by atoms with Gasteiger partial charge in [-0.2, -0.15) is 5.26 Å². The number of carbonyl (C=O) groups is 3. The zero-order chi connectivity index (χ0) is 24.4. The van der Waals surface area contributed by atoms with E-state index in [1.54, 1.807) is 28.8 Å². The van der Waals surface area contributed by atoms with E-state index in [-0.39, 0.29) is 17.5 Å². The number of nitrogens with two attached hydrogens (primary N) is 1. The third-order valence-electron chi connectivity index (χ3n) is 5.60. The number of fused-ring (bicyclic) bond motifs is 4. The molecule has 3 heterocycles. The zero-order valence-corrected chi connectivity index (χ0v) is 18.8. The molecule has 2 aromatic carbocycles. The summed E-state index contributed by atoms with van der Waals surface area (Å²) in [5.41, 5.74) is 10.3. The second-order valence-corrected chi connectivity index (χ2v) is 7.93. The lowest BCUT2D eigenvalue weighted by molar-refractivity contribution is -0.116. The van der Waals surface area contributed by atoms with Crippen molar-refractivity contribution in [3.05, 3.63) is 47.5 Å². The molecule has 0 radical (unpaired) electrons. The topological polar surface area (TPSA) is 149 Å². The quantitative estimate of drug-likeness (QED) is 0.446. The van der Waals surface area contributed by atoms with E-state index in [1.165, 1.54) is 13.8 Å². The van der Waals surface area contributed by atoms with Crippen molar-refractivity contribution in [2.24, 2.45) is 0 Å². The van der Waals surface area contributed by atoms with Crippen LogP contribution in [0.2, 0.25) is 0 Å². The Morgan fingerprint density at radius 1 is 1.06 bits per heavy atom. The summed E-state index contributed by atoms with van der Waals surface area (Å²) < 4.78 is 3.74. The summed E-state index contributed by atoms with van der Waals surface area (Å²) in [6.45, 7) is 4.19. The molecule has 2 aromatic heterocycles. The van der Waals surface area contributed by atoms with E-state index in [9.17, 15) is 14.4 Å². The Morgan fingerprint density at radius 2 is 1.68 bits per heavy atom. The monoisotopic (exact) mass is 457 g/mol. The molecule has 1 aliphatic heterocycles. The molecule has 0 saturated heterocycles. The van der Waals surface area contributed by atoms with E-state index in [2.05, 4.69) is 21.4 Å². The number of carbonyl (C=O) groups excluding carboxylic acids is 3. The molecule has 10 heteroatoms. The molecule has 0 spiro atoms. The first kappa shape index (κ1) is 22.7. The minimum Gasteiger partial charge on any atom is -0.369 e. The fraction of sp³-hybridized carbons (Fsp3) is 0.250. The normalized spacial score (nSPS) is 12.4. The highest BCUT2D eigenvalue weighted by Crippen LogP contribution is 2.24. The molecule has 4 aromatic rings. The van der Waals surface area contributed by atoms with Crippen LogP contribution in [0.1, 0.15) is 47.4 Å². The Hall–Kier alpha value is -4.52. The van der Waals surface area contributed by atoms with Crippen LogP contribution in [0.5, 0.6) is 0 Å². The number of hydrogen-bond acceptors (Lipinski definition) is 7. The summed E-state index contributed by atoms with van der Waals surface area (Å²) in [4.78, 5) is 42.3. The minimum absolute atomic E-state index is 0.00273. The number of Topliss-reactive ketones (excluding diaryl/α,β-unsaturated/α-hetero) is 2. The molecule has 0 atom stereocenters. The zero-order valence-electron chi connectivity index (χ0n) is 18.8. The fourth-order valence-electron chi connectivity index (χ4n) is 3.84. The van der Waals surface area contributed by atoms with Crippen LogP contribution in [0.15, 0.2) is 36.4 Å². The lowest BCUT2D eigenvalue weighted by Gasteiger charge is -2.14. The molecular formula is C24H23N7O3. The molecule has 172 valence electrons. The van der Waals surface area contributed by atoms with Crippen molar-refractivity contribution >= 4 is 51.4 Å². The molecule has 0 fully saturated rings. The molecule has 1 aliphatic rings. The maximum absolute atomic E-state index is 11.3. The summed E-state index contributed by atoms with van der Waals surface area (Å²) in [5, 5.41) is 11.3. The van der Waals surface area contributed by atoms with Gasteiger partial charge in [0.25, 0.3) is 0 Å². The molecule has 0 unspecified atom stereocenters. The van der Waals surface area contributed by atoms with Gasteiger partial charge in [-0.05, 0) is 50.2 Å². The van der Waals surface area contributed by atoms with Gasteiger partial charge in [-0.3, -0.25) is 19.7 Å².